The zero-order valence-electron chi connectivity index (χ0n) is 13.5. The van der Waals surface area contributed by atoms with Gasteiger partial charge in [0.1, 0.15) is 5.54 Å². The minimum atomic E-state index is -2.24. The van der Waals surface area contributed by atoms with Gasteiger partial charge in [0, 0.05) is 36.6 Å². The van der Waals surface area contributed by atoms with Crippen molar-refractivity contribution in [3.63, 3.8) is 0 Å². The fraction of sp³-hybridized carbons (Fsp3) is 0.438. The fourth-order valence-electron chi connectivity index (χ4n) is 3.23. The summed E-state index contributed by atoms with van der Waals surface area (Å²) in [5.41, 5.74) is -3.60. The van der Waals surface area contributed by atoms with Gasteiger partial charge < -0.3 is 25.6 Å². The van der Waals surface area contributed by atoms with Crippen LogP contribution in [-0.2, 0) is 24.7 Å². The molecule has 140 valence electrons. The first-order chi connectivity index (χ1) is 12.2. The van der Waals surface area contributed by atoms with Crippen molar-refractivity contribution in [3.8, 4) is 0 Å². The van der Waals surface area contributed by atoms with E-state index >= 15 is 0 Å². The van der Waals surface area contributed by atoms with Crippen LogP contribution in [0.1, 0.15) is 24.8 Å². The predicted octanol–water partition coefficient (Wildman–Crippen LogP) is 1.27. The molecule has 0 radical (unpaired) electrons. The number of aliphatic carboxylic acids is 1. The van der Waals surface area contributed by atoms with Gasteiger partial charge in [0.2, 0.25) is 5.91 Å². The molecule has 10 heteroatoms. The number of benzene rings is 1. The quantitative estimate of drug-likeness (QED) is 0.600. The van der Waals surface area contributed by atoms with Crippen molar-refractivity contribution >= 4 is 46.7 Å². The van der Waals surface area contributed by atoms with Gasteiger partial charge in [-0.1, -0.05) is 23.2 Å². The fourth-order valence-corrected chi connectivity index (χ4v) is 3.75. The number of carbonyl (C=O) groups excluding carboxylic acids is 2. The van der Waals surface area contributed by atoms with E-state index in [-0.39, 0.29) is 47.4 Å². The highest BCUT2D eigenvalue weighted by atomic mass is 35.5. The summed E-state index contributed by atoms with van der Waals surface area (Å²) in [5, 5.41) is 25.4. The first-order valence-electron chi connectivity index (χ1n) is 7.84. The van der Waals surface area contributed by atoms with Crippen LogP contribution in [0.4, 0.5) is 5.69 Å². The molecule has 4 N–H and O–H groups in total. The first-order valence-corrected chi connectivity index (χ1v) is 8.60. The van der Waals surface area contributed by atoms with Crippen LogP contribution in [0.5, 0.6) is 0 Å². The molecule has 0 bridgehead atoms. The van der Waals surface area contributed by atoms with Crippen molar-refractivity contribution < 1.29 is 29.3 Å². The Hall–Kier alpha value is -1.87. The van der Waals surface area contributed by atoms with Gasteiger partial charge in [-0.25, -0.2) is 4.79 Å². The number of rotatable bonds is 4. The number of hydrogen-bond acceptors (Lipinski definition) is 5. The third-order valence-electron chi connectivity index (χ3n) is 4.68. The highest BCUT2D eigenvalue weighted by Crippen LogP contribution is 2.46. The summed E-state index contributed by atoms with van der Waals surface area (Å²) in [6, 6.07) is 2.86. The van der Waals surface area contributed by atoms with Crippen molar-refractivity contribution in [2.75, 3.05) is 18.5 Å². The number of ether oxygens (including phenoxy) is 1. The summed E-state index contributed by atoms with van der Waals surface area (Å²) >= 11 is 12.1. The molecule has 0 aliphatic carbocycles. The van der Waals surface area contributed by atoms with E-state index in [1.807, 2.05) is 0 Å². The minimum Gasteiger partial charge on any atom is -0.480 e. The van der Waals surface area contributed by atoms with Gasteiger partial charge in [-0.3, -0.25) is 9.59 Å². The molecule has 0 saturated carbocycles. The van der Waals surface area contributed by atoms with Crippen LogP contribution in [0, 0.1) is 0 Å². The summed E-state index contributed by atoms with van der Waals surface area (Å²) < 4.78 is 5.14. The van der Waals surface area contributed by atoms with Gasteiger partial charge in [-0.2, -0.15) is 0 Å². The third-order valence-corrected chi connectivity index (χ3v) is 5.31. The molecular weight excluding hydrogens is 387 g/mol. The summed E-state index contributed by atoms with van der Waals surface area (Å²) in [6.07, 6.45) is -0.522. The molecule has 1 unspecified atom stereocenters. The van der Waals surface area contributed by atoms with E-state index in [4.69, 9.17) is 27.9 Å². The molecule has 2 aliphatic heterocycles. The highest BCUT2D eigenvalue weighted by molar-refractivity contribution is 6.38. The number of aliphatic hydroxyl groups is 1. The molecule has 26 heavy (non-hydrogen) atoms. The number of halogens is 2. The lowest BCUT2D eigenvalue weighted by atomic mass is 9.87. The second kappa shape index (κ2) is 6.70. The number of anilines is 1. The van der Waals surface area contributed by atoms with Crippen molar-refractivity contribution in [1.29, 1.82) is 0 Å². The third kappa shape index (κ3) is 3.03. The van der Waals surface area contributed by atoms with E-state index in [2.05, 4.69) is 10.6 Å². The lowest BCUT2D eigenvalue weighted by Gasteiger charge is -2.34. The molecule has 1 aromatic rings. The zero-order chi connectivity index (χ0) is 19.1. The lowest BCUT2D eigenvalue weighted by Crippen LogP contribution is -2.58. The number of carboxylic acid groups (broad SMARTS) is 1. The maximum Gasteiger partial charge on any atom is 0.329 e. The molecule has 1 fully saturated rings. The number of carbonyl (C=O) groups is 3. The zero-order valence-corrected chi connectivity index (χ0v) is 15.0. The molecule has 8 nitrogen and oxygen atoms in total. The minimum absolute atomic E-state index is 0.00293. The smallest absolute Gasteiger partial charge is 0.329 e. The van der Waals surface area contributed by atoms with E-state index < -0.39 is 35.3 Å². The van der Waals surface area contributed by atoms with Crippen LogP contribution < -0.4 is 10.6 Å². The second-order valence-electron chi connectivity index (χ2n) is 6.32. The first kappa shape index (κ1) is 18.9. The largest absolute Gasteiger partial charge is 0.480 e. The molecule has 0 spiro atoms. The lowest BCUT2D eigenvalue weighted by molar-refractivity contribution is -0.153. The molecule has 0 aromatic heterocycles. The van der Waals surface area contributed by atoms with Gasteiger partial charge in [-0.05, 0) is 12.1 Å². The molecule has 3 rings (SSSR count). The van der Waals surface area contributed by atoms with Crippen LogP contribution in [0.25, 0.3) is 0 Å². The molecule has 1 saturated heterocycles. The topological polar surface area (TPSA) is 125 Å². The highest BCUT2D eigenvalue weighted by Gasteiger charge is 2.50. The standard InChI is InChI=1S/C16H16Cl2N2O6/c17-8-1-2-9(18)12-11(8)16(25,13(22)19-12)7-10(21)20-15(14(23)24)3-5-26-6-4-15/h1-2,25H,3-7H2,(H,19,22)(H,20,21)(H,23,24). The van der Waals surface area contributed by atoms with Crippen molar-refractivity contribution in [2.45, 2.75) is 30.4 Å². The molecular formula is C16H16Cl2N2O6. The Bertz CT molecular complexity index is 793. The van der Waals surface area contributed by atoms with Gasteiger partial charge in [0.25, 0.3) is 5.91 Å². The van der Waals surface area contributed by atoms with Crippen molar-refractivity contribution in [3.05, 3.63) is 27.7 Å². The Morgan fingerprint density at radius 2 is 1.85 bits per heavy atom. The van der Waals surface area contributed by atoms with E-state index in [1.165, 1.54) is 12.1 Å². The van der Waals surface area contributed by atoms with E-state index in [1.54, 1.807) is 0 Å². The molecule has 1 atom stereocenters. The summed E-state index contributed by atoms with van der Waals surface area (Å²) in [4.78, 5) is 36.4. The summed E-state index contributed by atoms with van der Waals surface area (Å²) in [5.74, 6) is -2.84. The van der Waals surface area contributed by atoms with Crippen molar-refractivity contribution in [2.24, 2.45) is 0 Å². The molecule has 2 aliphatic rings. The Morgan fingerprint density at radius 3 is 2.46 bits per heavy atom. The van der Waals surface area contributed by atoms with E-state index in [0.29, 0.717) is 0 Å². The van der Waals surface area contributed by atoms with Crippen LogP contribution in [0.2, 0.25) is 10.0 Å². The molecule has 1 aromatic carbocycles. The van der Waals surface area contributed by atoms with Gasteiger partial charge in [0.15, 0.2) is 5.60 Å². The number of carboxylic acids is 1. The monoisotopic (exact) mass is 402 g/mol. The predicted molar refractivity (Wildman–Crippen MR) is 92.2 cm³/mol. The Labute approximate surface area is 158 Å². The van der Waals surface area contributed by atoms with Gasteiger partial charge in [0.05, 0.1) is 17.1 Å². The Balaban J connectivity index is 1.87. The van der Waals surface area contributed by atoms with Crippen molar-refractivity contribution in [1.82, 2.24) is 5.32 Å². The van der Waals surface area contributed by atoms with Crippen LogP contribution in [-0.4, -0.2) is 46.7 Å². The molecule has 2 amide bonds. The SMILES string of the molecule is O=C(CC1(O)C(=O)Nc2c(Cl)ccc(Cl)c21)NC1(C(=O)O)CCOCC1. The maximum atomic E-state index is 12.5. The average Bonchev–Trinajstić information content (AvgIpc) is 2.84. The average molecular weight is 403 g/mol. The Kier molecular flexibility index (Phi) is 4.87. The van der Waals surface area contributed by atoms with Gasteiger partial charge in [-0.15, -0.1) is 0 Å². The van der Waals surface area contributed by atoms with Crippen LogP contribution in [0.3, 0.4) is 0 Å². The summed E-state index contributed by atoms with van der Waals surface area (Å²) in [6.45, 7) is 0.364. The maximum absolute atomic E-state index is 12.5. The number of amides is 2. The number of hydrogen-bond donors (Lipinski definition) is 4. The Morgan fingerprint density at radius 1 is 1.23 bits per heavy atom. The van der Waals surface area contributed by atoms with E-state index in [0.717, 1.165) is 0 Å². The van der Waals surface area contributed by atoms with E-state index in [9.17, 15) is 24.6 Å². The van der Waals surface area contributed by atoms with Gasteiger partial charge >= 0.3 is 5.97 Å². The molecule has 2 heterocycles. The van der Waals surface area contributed by atoms with Crippen LogP contribution >= 0.6 is 23.2 Å². The number of nitrogens with one attached hydrogen (secondary N) is 2. The second-order valence-corrected chi connectivity index (χ2v) is 7.13. The summed E-state index contributed by atoms with van der Waals surface area (Å²) in [7, 11) is 0. The van der Waals surface area contributed by atoms with Crippen LogP contribution in [0.15, 0.2) is 12.1 Å². The number of fused-ring (bicyclic) bond motifs is 1. The normalized spacial score (nSPS) is 23.9.